The molecule has 0 saturated heterocycles. The van der Waals surface area contributed by atoms with Crippen molar-refractivity contribution in [2.75, 3.05) is 14.2 Å². The highest BCUT2D eigenvalue weighted by atomic mass is 16.7. The highest BCUT2D eigenvalue weighted by Gasteiger charge is 2.05. The van der Waals surface area contributed by atoms with Crippen molar-refractivity contribution >= 4 is 6.03 Å². The van der Waals surface area contributed by atoms with Crippen molar-refractivity contribution in [3.05, 3.63) is 24.4 Å². The van der Waals surface area contributed by atoms with E-state index in [4.69, 9.17) is 0 Å². The van der Waals surface area contributed by atoms with Gasteiger partial charge in [0.25, 0.3) is 0 Å². The van der Waals surface area contributed by atoms with E-state index >= 15 is 0 Å². The van der Waals surface area contributed by atoms with Crippen LogP contribution in [0, 0.1) is 0 Å². The van der Waals surface area contributed by atoms with Gasteiger partial charge in [-0.15, -0.1) is 0 Å². The zero-order valence-electron chi connectivity index (χ0n) is 7.63. The molecule has 4 heteroatoms. The molecule has 0 spiro atoms. The summed E-state index contributed by atoms with van der Waals surface area (Å²) in [4.78, 5) is 15.7. The molecule has 0 radical (unpaired) electrons. The smallest absolute Gasteiger partial charge is 0.307 e. The molecule has 0 rings (SSSR count). The van der Waals surface area contributed by atoms with Gasteiger partial charge in [0.15, 0.2) is 0 Å². The van der Waals surface area contributed by atoms with Crippen LogP contribution >= 0.6 is 0 Å². The molecule has 0 aliphatic heterocycles. The SMILES string of the molecule is C=C(/C=C\C)NC(=O)N(C)OC. The Kier molecular flexibility index (Phi) is 4.79. The fraction of sp³-hybridized carbons (Fsp3) is 0.375. The molecule has 0 aliphatic rings. The number of hydroxylamine groups is 2. The lowest BCUT2D eigenvalue weighted by molar-refractivity contribution is -0.0638. The van der Waals surface area contributed by atoms with Gasteiger partial charge in [-0.05, 0) is 13.0 Å². The molecule has 0 aromatic carbocycles. The largest absolute Gasteiger partial charge is 0.345 e. The van der Waals surface area contributed by atoms with E-state index in [0.717, 1.165) is 5.06 Å². The lowest BCUT2D eigenvalue weighted by Crippen LogP contribution is -2.35. The second-order valence-electron chi connectivity index (χ2n) is 2.14. The van der Waals surface area contributed by atoms with Gasteiger partial charge in [0, 0.05) is 12.7 Å². The van der Waals surface area contributed by atoms with Crippen LogP contribution in [0.3, 0.4) is 0 Å². The second kappa shape index (κ2) is 5.37. The Hall–Kier alpha value is -1.29. The monoisotopic (exact) mass is 170 g/mol. The van der Waals surface area contributed by atoms with Gasteiger partial charge >= 0.3 is 6.03 Å². The summed E-state index contributed by atoms with van der Waals surface area (Å²) in [6.07, 6.45) is 3.48. The third kappa shape index (κ3) is 3.78. The van der Waals surface area contributed by atoms with Crippen molar-refractivity contribution in [1.82, 2.24) is 10.4 Å². The summed E-state index contributed by atoms with van der Waals surface area (Å²) < 4.78 is 0. The van der Waals surface area contributed by atoms with E-state index in [2.05, 4.69) is 16.7 Å². The highest BCUT2D eigenvalue weighted by Crippen LogP contribution is 1.90. The van der Waals surface area contributed by atoms with Gasteiger partial charge in [-0.25, -0.2) is 9.86 Å². The Morgan fingerprint density at radius 2 is 2.25 bits per heavy atom. The minimum absolute atomic E-state index is 0.347. The van der Waals surface area contributed by atoms with E-state index in [1.807, 2.05) is 6.92 Å². The summed E-state index contributed by atoms with van der Waals surface area (Å²) >= 11 is 0. The van der Waals surface area contributed by atoms with Gasteiger partial charge < -0.3 is 5.32 Å². The van der Waals surface area contributed by atoms with Crippen LogP contribution in [0.4, 0.5) is 4.79 Å². The fourth-order valence-electron chi connectivity index (χ4n) is 0.542. The molecule has 12 heavy (non-hydrogen) atoms. The van der Waals surface area contributed by atoms with Crippen molar-refractivity contribution < 1.29 is 9.63 Å². The van der Waals surface area contributed by atoms with Gasteiger partial charge in [0.2, 0.25) is 0 Å². The Balaban J connectivity index is 3.92. The molecule has 0 heterocycles. The number of nitrogens with zero attached hydrogens (tertiary/aromatic N) is 1. The summed E-state index contributed by atoms with van der Waals surface area (Å²) in [6.45, 7) is 5.44. The number of carbonyl (C=O) groups is 1. The quantitative estimate of drug-likeness (QED) is 0.512. The van der Waals surface area contributed by atoms with E-state index in [9.17, 15) is 4.79 Å². The zero-order valence-corrected chi connectivity index (χ0v) is 7.63. The molecular formula is C8H14N2O2. The van der Waals surface area contributed by atoms with Crippen LogP contribution in [0.1, 0.15) is 6.92 Å². The van der Waals surface area contributed by atoms with E-state index in [-0.39, 0.29) is 6.03 Å². The van der Waals surface area contributed by atoms with Gasteiger partial charge in [-0.3, -0.25) is 4.84 Å². The predicted molar refractivity (Wildman–Crippen MR) is 47.3 cm³/mol. The summed E-state index contributed by atoms with van der Waals surface area (Å²) in [6, 6.07) is -0.347. The maximum atomic E-state index is 11.1. The molecule has 2 amide bonds. The van der Waals surface area contributed by atoms with Crippen LogP contribution < -0.4 is 5.32 Å². The number of rotatable bonds is 3. The van der Waals surface area contributed by atoms with E-state index in [1.54, 1.807) is 12.2 Å². The number of carbonyl (C=O) groups excluding carboxylic acids is 1. The number of hydrogen-bond acceptors (Lipinski definition) is 2. The van der Waals surface area contributed by atoms with Gasteiger partial charge in [-0.2, -0.15) is 0 Å². The molecule has 0 fully saturated rings. The van der Waals surface area contributed by atoms with Crippen molar-refractivity contribution in [1.29, 1.82) is 0 Å². The summed E-state index contributed by atoms with van der Waals surface area (Å²) in [5, 5.41) is 3.59. The first-order valence-corrected chi connectivity index (χ1v) is 3.52. The Morgan fingerprint density at radius 1 is 1.67 bits per heavy atom. The molecular weight excluding hydrogens is 156 g/mol. The van der Waals surface area contributed by atoms with Crippen molar-refractivity contribution in [3.8, 4) is 0 Å². The third-order valence-electron chi connectivity index (χ3n) is 1.20. The van der Waals surface area contributed by atoms with E-state index in [1.165, 1.54) is 14.2 Å². The average molecular weight is 170 g/mol. The summed E-state index contributed by atoms with van der Waals surface area (Å²) in [5.74, 6) is 0. The van der Waals surface area contributed by atoms with Gasteiger partial charge in [-0.1, -0.05) is 12.7 Å². The Bertz CT molecular complexity index is 199. The minimum atomic E-state index is -0.347. The van der Waals surface area contributed by atoms with Gasteiger partial charge in [0.1, 0.15) is 0 Å². The number of allylic oxidation sites excluding steroid dienone is 2. The normalized spacial score (nSPS) is 9.92. The van der Waals surface area contributed by atoms with Crippen LogP contribution in [-0.2, 0) is 4.84 Å². The lowest BCUT2D eigenvalue weighted by Gasteiger charge is -2.14. The molecule has 0 bridgehead atoms. The molecule has 0 atom stereocenters. The maximum absolute atomic E-state index is 11.1. The average Bonchev–Trinajstić information content (AvgIpc) is 2.03. The van der Waals surface area contributed by atoms with E-state index < -0.39 is 0 Å². The highest BCUT2D eigenvalue weighted by molar-refractivity contribution is 5.75. The Labute approximate surface area is 72.5 Å². The number of nitrogens with one attached hydrogen (secondary N) is 1. The molecule has 0 saturated carbocycles. The van der Waals surface area contributed by atoms with Crippen LogP contribution in [0.15, 0.2) is 24.4 Å². The first-order chi connectivity index (χ1) is 5.61. The fourth-order valence-corrected chi connectivity index (χ4v) is 0.542. The molecule has 0 aromatic heterocycles. The van der Waals surface area contributed by atoms with Crippen molar-refractivity contribution in [2.24, 2.45) is 0 Å². The predicted octanol–water partition coefficient (Wildman–Crippen LogP) is 1.28. The molecule has 0 aliphatic carbocycles. The first-order valence-electron chi connectivity index (χ1n) is 3.52. The Morgan fingerprint density at radius 3 is 2.67 bits per heavy atom. The van der Waals surface area contributed by atoms with Crippen LogP contribution in [0.2, 0.25) is 0 Å². The molecule has 68 valence electrons. The summed E-state index contributed by atoms with van der Waals surface area (Å²) in [7, 11) is 2.93. The molecule has 0 aromatic rings. The lowest BCUT2D eigenvalue weighted by atomic mass is 10.4. The van der Waals surface area contributed by atoms with Gasteiger partial charge in [0.05, 0.1) is 7.11 Å². The van der Waals surface area contributed by atoms with Crippen molar-refractivity contribution in [3.63, 3.8) is 0 Å². The third-order valence-corrected chi connectivity index (χ3v) is 1.20. The second-order valence-corrected chi connectivity index (χ2v) is 2.14. The standard InChI is InChI=1S/C8H14N2O2/c1-5-6-7(2)9-8(11)10(3)12-4/h5-6H,2H2,1,3-4H3,(H,9,11)/b6-5-. The van der Waals surface area contributed by atoms with Crippen LogP contribution in [0.25, 0.3) is 0 Å². The maximum Gasteiger partial charge on any atom is 0.345 e. The number of hydrogen-bond donors (Lipinski definition) is 1. The molecule has 0 unspecified atom stereocenters. The topological polar surface area (TPSA) is 41.6 Å². The number of urea groups is 1. The molecule has 4 nitrogen and oxygen atoms in total. The van der Waals surface area contributed by atoms with Crippen molar-refractivity contribution in [2.45, 2.75) is 6.92 Å². The molecule has 1 N–H and O–H groups in total. The first kappa shape index (κ1) is 10.7. The number of amides is 2. The zero-order chi connectivity index (χ0) is 9.56. The van der Waals surface area contributed by atoms with Crippen LogP contribution in [-0.4, -0.2) is 25.3 Å². The minimum Gasteiger partial charge on any atom is -0.307 e. The van der Waals surface area contributed by atoms with E-state index in [0.29, 0.717) is 5.70 Å². The summed E-state index contributed by atoms with van der Waals surface area (Å²) in [5.41, 5.74) is 0.534. The van der Waals surface area contributed by atoms with Crippen LogP contribution in [0.5, 0.6) is 0 Å².